The minimum absolute atomic E-state index is 0.0152. The SMILES string of the molecule is CC1(C)C2CC[C@@]1(CS(=O)(=O)O)C(=O)C2.CCOc1ccc2c3c1O[C@H]1[C@@H](O)C=C[C@H]4[C@@H](C2)N(C)CC[C@@]341. The average molecular weight is 546 g/mol. The zero-order valence-corrected chi connectivity index (χ0v) is 23.5. The van der Waals surface area contributed by atoms with E-state index in [2.05, 4.69) is 24.1 Å². The summed E-state index contributed by atoms with van der Waals surface area (Å²) >= 11 is 0. The Labute approximate surface area is 225 Å². The molecule has 7 atom stereocenters. The Morgan fingerprint density at radius 1 is 1.18 bits per heavy atom. The van der Waals surface area contributed by atoms with Crippen LogP contribution in [0.1, 0.15) is 57.6 Å². The van der Waals surface area contributed by atoms with Gasteiger partial charge in [-0.25, -0.2) is 0 Å². The Balaban J connectivity index is 0.000000153. The van der Waals surface area contributed by atoms with Gasteiger partial charge in [0.15, 0.2) is 11.5 Å². The van der Waals surface area contributed by atoms with Crippen LogP contribution in [0, 0.1) is 22.7 Å². The molecule has 1 unspecified atom stereocenters. The first kappa shape index (κ1) is 26.3. The molecule has 2 saturated carbocycles. The fourth-order valence-corrected chi connectivity index (χ4v) is 10.2. The van der Waals surface area contributed by atoms with E-state index in [-0.39, 0.29) is 28.6 Å². The molecule has 2 N–H and O–H groups in total. The van der Waals surface area contributed by atoms with Crippen LogP contribution in [-0.2, 0) is 26.7 Å². The van der Waals surface area contributed by atoms with Crippen molar-refractivity contribution in [1.29, 1.82) is 0 Å². The predicted octanol–water partition coefficient (Wildman–Crippen LogP) is 3.16. The molecular weight excluding hydrogens is 506 g/mol. The third kappa shape index (κ3) is 3.44. The van der Waals surface area contributed by atoms with Gasteiger partial charge in [0.1, 0.15) is 18.0 Å². The largest absolute Gasteiger partial charge is 0.490 e. The molecular formula is C29H39NO7S. The standard InChI is InChI=1S/C19H23NO3.C10H16O4S/c1-3-22-15-7-4-11-10-13-12-5-6-14(21)18-19(12,8-9-20(13)2)16(11)17(15)23-18;1-9(2)7-3-4-10(9,8(11)5-7)6-15(12,13)14/h4-7,12-14,18,21H,3,8-10H2,1-2H3;7H,3-6H2,1-2H3,(H,12,13,14)/t12-,13+,14-,18-,19-;7?,10-/m01/s1. The van der Waals surface area contributed by atoms with Crippen LogP contribution in [-0.4, -0.2) is 73.0 Å². The summed E-state index contributed by atoms with van der Waals surface area (Å²) in [6.45, 7) is 7.57. The quantitative estimate of drug-likeness (QED) is 0.438. The fraction of sp³-hybridized carbons (Fsp3) is 0.690. The maximum Gasteiger partial charge on any atom is 0.265 e. The number of nitrogens with zero attached hydrogens (tertiary/aromatic N) is 1. The van der Waals surface area contributed by atoms with Crippen LogP contribution in [0.3, 0.4) is 0 Å². The van der Waals surface area contributed by atoms with Gasteiger partial charge >= 0.3 is 0 Å². The van der Waals surface area contributed by atoms with Crippen LogP contribution in [0.4, 0.5) is 0 Å². The van der Waals surface area contributed by atoms with Gasteiger partial charge in [0.05, 0.1) is 17.8 Å². The highest BCUT2D eigenvalue weighted by Crippen LogP contribution is 2.64. The molecule has 7 rings (SSSR count). The number of aliphatic hydroxyl groups is 1. The lowest BCUT2D eigenvalue weighted by molar-refractivity contribution is -0.128. The smallest absolute Gasteiger partial charge is 0.265 e. The fourth-order valence-electron chi connectivity index (χ4n) is 8.92. The van der Waals surface area contributed by atoms with Crippen molar-refractivity contribution in [2.45, 2.75) is 76.5 Å². The molecule has 6 aliphatic rings. The van der Waals surface area contributed by atoms with Gasteiger partial charge in [-0.2, -0.15) is 8.42 Å². The normalized spacial score (nSPS) is 39.3. The molecule has 1 saturated heterocycles. The minimum Gasteiger partial charge on any atom is -0.490 e. The van der Waals surface area contributed by atoms with E-state index in [1.165, 1.54) is 11.1 Å². The Morgan fingerprint density at radius 3 is 2.58 bits per heavy atom. The minimum atomic E-state index is -4.08. The van der Waals surface area contributed by atoms with Gasteiger partial charge in [-0.15, -0.1) is 0 Å². The van der Waals surface area contributed by atoms with Crippen molar-refractivity contribution in [2.75, 3.05) is 26.0 Å². The summed E-state index contributed by atoms with van der Waals surface area (Å²) in [5.41, 5.74) is 1.50. The summed E-state index contributed by atoms with van der Waals surface area (Å²) in [5.74, 6) is 2.04. The van der Waals surface area contributed by atoms with Gasteiger partial charge in [-0.1, -0.05) is 32.1 Å². The number of fused-ring (bicyclic) bond motifs is 2. The van der Waals surface area contributed by atoms with E-state index in [1.807, 2.05) is 32.9 Å². The first-order valence-corrected chi connectivity index (χ1v) is 15.5. The number of hydrogen-bond acceptors (Lipinski definition) is 7. The molecule has 0 aromatic heterocycles. The van der Waals surface area contributed by atoms with E-state index in [9.17, 15) is 18.3 Å². The number of hydrogen-bond donors (Lipinski definition) is 2. The summed E-state index contributed by atoms with van der Waals surface area (Å²) in [6.07, 6.45) is 7.53. The van der Waals surface area contributed by atoms with Crippen molar-refractivity contribution in [3.63, 3.8) is 0 Å². The highest BCUT2D eigenvalue weighted by atomic mass is 32.2. The monoisotopic (exact) mass is 545 g/mol. The summed E-state index contributed by atoms with van der Waals surface area (Å²) in [4.78, 5) is 14.4. The van der Waals surface area contributed by atoms with Crippen molar-refractivity contribution in [3.05, 3.63) is 35.4 Å². The lowest BCUT2D eigenvalue weighted by Crippen LogP contribution is -2.64. The van der Waals surface area contributed by atoms with E-state index in [0.717, 1.165) is 37.3 Å². The van der Waals surface area contributed by atoms with Crippen LogP contribution >= 0.6 is 0 Å². The maximum atomic E-state index is 11.9. The average Bonchev–Trinajstić information content (AvgIpc) is 3.37. The van der Waals surface area contributed by atoms with Gasteiger partial charge in [-0.3, -0.25) is 9.35 Å². The van der Waals surface area contributed by atoms with Gasteiger partial charge in [0.25, 0.3) is 10.1 Å². The number of rotatable bonds is 4. The van der Waals surface area contributed by atoms with Crippen molar-refractivity contribution in [2.24, 2.45) is 22.7 Å². The Bertz CT molecular complexity index is 1310. The van der Waals surface area contributed by atoms with E-state index in [1.54, 1.807) is 0 Å². The predicted molar refractivity (Wildman–Crippen MR) is 142 cm³/mol. The van der Waals surface area contributed by atoms with Crippen LogP contribution in [0.2, 0.25) is 0 Å². The molecule has 38 heavy (non-hydrogen) atoms. The molecule has 9 heteroatoms. The highest BCUT2D eigenvalue weighted by Gasteiger charge is 2.66. The summed E-state index contributed by atoms with van der Waals surface area (Å²) in [6, 6.07) is 4.75. The van der Waals surface area contributed by atoms with E-state index < -0.39 is 27.4 Å². The molecule has 4 aliphatic carbocycles. The molecule has 0 radical (unpaired) electrons. The molecule has 1 aromatic carbocycles. The second-order valence-electron chi connectivity index (χ2n) is 12.7. The number of carbonyl (C=O) groups is 1. The number of ketones is 1. The molecule has 0 amide bonds. The highest BCUT2D eigenvalue weighted by molar-refractivity contribution is 7.85. The van der Waals surface area contributed by atoms with Crippen LogP contribution in [0.25, 0.3) is 0 Å². The Kier molecular flexibility index (Phi) is 5.90. The van der Waals surface area contributed by atoms with Crippen LogP contribution in [0.15, 0.2) is 24.3 Å². The van der Waals surface area contributed by atoms with E-state index in [0.29, 0.717) is 31.4 Å². The van der Waals surface area contributed by atoms with Gasteiger partial charge in [0.2, 0.25) is 0 Å². The molecule has 4 bridgehead atoms. The van der Waals surface area contributed by atoms with Crippen molar-refractivity contribution >= 4 is 15.9 Å². The zero-order chi connectivity index (χ0) is 27.3. The van der Waals surface area contributed by atoms with Crippen molar-refractivity contribution in [1.82, 2.24) is 4.90 Å². The van der Waals surface area contributed by atoms with Crippen LogP contribution in [0.5, 0.6) is 11.5 Å². The Morgan fingerprint density at radius 2 is 1.95 bits per heavy atom. The number of likely N-dealkylation sites (N-methyl/N-ethyl adjacent to an activating group) is 1. The summed E-state index contributed by atoms with van der Waals surface area (Å²) in [5, 5.41) is 10.6. The molecule has 1 spiro atoms. The summed E-state index contributed by atoms with van der Waals surface area (Å²) < 4.78 is 43.2. The maximum absolute atomic E-state index is 11.9. The number of carbonyl (C=O) groups excluding carboxylic acids is 1. The number of likely N-dealkylation sites (tertiary alicyclic amines) is 1. The first-order valence-electron chi connectivity index (χ1n) is 13.9. The molecule has 3 fully saturated rings. The molecule has 1 aromatic rings. The molecule has 2 heterocycles. The van der Waals surface area contributed by atoms with E-state index >= 15 is 0 Å². The van der Waals surface area contributed by atoms with Crippen LogP contribution < -0.4 is 9.47 Å². The van der Waals surface area contributed by atoms with Gasteiger partial charge < -0.3 is 19.5 Å². The number of aliphatic hydroxyl groups excluding tert-OH is 1. The lowest BCUT2D eigenvalue weighted by Gasteiger charge is -2.56. The number of Topliss-reactive ketones (excluding diaryl/α,β-unsaturated/α-hetero) is 1. The molecule has 8 nitrogen and oxygen atoms in total. The second-order valence-corrected chi connectivity index (χ2v) is 14.2. The summed E-state index contributed by atoms with van der Waals surface area (Å²) in [7, 11) is -1.85. The number of benzene rings is 1. The third-order valence-electron chi connectivity index (χ3n) is 11.0. The van der Waals surface area contributed by atoms with Gasteiger partial charge in [0, 0.05) is 29.4 Å². The molecule has 2 aliphatic heterocycles. The zero-order valence-electron chi connectivity index (χ0n) is 22.6. The van der Waals surface area contributed by atoms with E-state index in [4.69, 9.17) is 14.0 Å². The Hall–Kier alpha value is -1.94. The first-order chi connectivity index (χ1) is 17.9. The molecule has 208 valence electrons. The van der Waals surface area contributed by atoms with Crippen molar-refractivity contribution in [3.8, 4) is 11.5 Å². The third-order valence-corrected chi connectivity index (χ3v) is 11.9. The van der Waals surface area contributed by atoms with Crippen molar-refractivity contribution < 1.29 is 32.3 Å². The number of piperidine rings is 1. The second kappa shape index (κ2) is 8.53. The topological polar surface area (TPSA) is 113 Å². The number of ether oxygens (including phenoxy) is 2. The van der Waals surface area contributed by atoms with Gasteiger partial charge in [-0.05, 0) is 69.2 Å². The lowest BCUT2D eigenvalue weighted by atomic mass is 9.53.